The van der Waals surface area contributed by atoms with Crippen LogP contribution >= 0.6 is 0 Å². The average Bonchev–Trinajstić information content (AvgIpc) is 2.31. The van der Waals surface area contributed by atoms with E-state index in [0.717, 1.165) is 0 Å². The summed E-state index contributed by atoms with van der Waals surface area (Å²) in [7, 11) is 0. The molecule has 0 N–H and O–H groups in total. The fourth-order valence-corrected chi connectivity index (χ4v) is 0.919. The van der Waals surface area contributed by atoms with Crippen molar-refractivity contribution in [2.75, 3.05) is 13.1 Å². The third-order valence-electron chi connectivity index (χ3n) is 2.04. The zero-order valence-electron chi connectivity index (χ0n) is 10.1. The number of carbonyl (C=O) groups excluding carboxylic acids is 2. The topological polar surface area (TPSA) is 58.9 Å². The van der Waals surface area contributed by atoms with Crippen molar-refractivity contribution in [2.45, 2.75) is 39.5 Å². The summed E-state index contributed by atoms with van der Waals surface area (Å²) >= 11 is 0. The summed E-state index contributed by atoms with van der Waals surface area (Å²) in [5.74, 6) is 0.390. The summed E-state index contributed by atoms with van der Waals surface area (Å²) in [6.45, 7) is 4.83. The first kappa shape index (κ1) is 14.7. The summed E-state index contributed by atoms with van der Waals surface area (Å²) in [6, 6.07) is 0. The van der Waals surface area contributed by atoms with E-state index < -0.39 is 0 Å². The molecule has 0 radical (unpaired) electrons. The molecule has 0 fully saturated rings. The SMILES string of the molecule is CCC(=O)CC=NCCN=CCC(=O)CC. The molecule has 16 heavy (non-hydrogen) atoms. The molecule has 0 aromatic heterocycles. The van der Waals surface area contributed by atoms with Crippen molar-refractivity contribution < 1.29 is 9.59 Å². The monoisotopic (exact) mass is 224 g/mol. The van der Waals surface area contributed by atoms with Crippen LogP contribution in [0.3, 0.4) is 0 Å². The highest BCUT2D eigenvalue weighted by Gasteiger charge is 1.93. The lowest BCUT2D eigenvalue weighted by Gasteiger charge is -1.91. The van der Waals surface area contributed by atoms with Crippen molar-refractivity contribution in [3.05, 3.63) is 0 Å². The molecule has 0 heterocycles. The molecule has 90 valence electrons. The van der Waals surface area contributed by atoms with Crippen LogP contribution in [0.4, 0.5) is 0 Å². The Balaban J connectivity index is 3.45. The Morgan fingerprint density at radius 3 is 1.56 bits per heavy atom. The van der Waals surface area contributed by atoms with Crippen LogP contribution in [0.1, 0.15) is 39.5 Å². The van der Waals surface area contributed by atoms with Gasteiger partial charge >= 0.3 is 0 Å². The molecule has 0 aromatic carbocycles. The van der Waals surface area contributed by atoms with Gasteiger partial charge in [-0.3, -0.25) is 19.6 Å². The van der Waals surface area contributed by atoms with Crippen LogP contribution in [-0.4, -0.2) is 37.1 Å². The minimum atomic E-state index is 0.195. The van der Waals surface area contributed by atoms with Crippen LogP contribution in [0.15, 0.2) is 9.98 Å². The summed E-state index contributed by atoms with van der Waals surface area (Å²) in [4.78, 5) is 29.9. The molecular weight excluding hydrogens is 204 g/mol. The van der Waals surface area contributed by atoms with E-state index in [0.29, 0.717) is 38.8 Å². The summed E-state index contributed by atoms with van der Waals surface area (Å²) < 4.78 is 0. The van der Waals surface area contributed by atoms with Crippen molar-refractivity contribution in [1.29, 1.82) is 0 Å². The van der Waals surface area contributed by atoms with E-state index in [1.54, 1.807) is 12.4 Å². The lowest BCUT2D eigenvalue weighted by molar-refractivity contribution is -0.118. The first-order valence-corrected chi connectivity index (χ1v) is 5.70. The fourth-order valence-electron chi connectivity index (χ4n) is 0.919. The smallest absolute Gasteiger partial charge is 0.137 e. The molecule has 4 heteroatoms. The van der Waals surface area contributed by atoms with Gasteiger partial charge in [0, 0.05) is 38.1 Å². The van der Waals surface area contributed by atoms with Crippen LogP contribution in [0.2, 0.25) is 0 Å². The van der Waals surface area contributed by atoms with E-state index in [2.05, 4.69) is 9.98 Å². The van der Waals surface area contributed by atoms with Crippen LogP contribution in [0.25, 0.3) is 0 Å². The number of aliphatic imine (C=N–C) groups is 2. The largest absolute Gasteiger partial charge is 0.299 e. The van der Waals surface area contributed by atoms with Crippen molar-refractivity contribution >= 4 is 24.0 Å². The standard InChI is InChI=1S/C12H20N2O2/c1-3-11(15)5-7-13-9-10-14-8-6-12(16)4-2/h7-8H,3-6,9-10H2,1-2H3. The normalized spacial score (nSPS) is 11.4. The van der Waals surface area contributed by atoms with Gasteiger partial charge in [-0.05, 0) is 0 Å². The molecule has 4 nitrogen and oxygen atoms in total. The Morgan fingerprint density at radius 1 is 0.875 bits per heavy atom. The van der Waals surface area contributed by atoms with Crippen molar-refractivity contribution in [2.24, 2.45) is 9.98 Å². The number of rotatable bonds is 9. The van der Waals surface area contributed by atoms with Crippen LogP contribution < -0.4 is 0 Å². The highest BCUT2D eigenvalue weighted by Crippen LogP contribution is 1.86. The Hall–Kier alpha value is -1.32. The molecule has 0 aliphatic heterocycles. The third-order valence-corrected chi connectivity index (χ3v) is 2.04. The van der Waals surface area contributed by atoms with E-state index in [4.69, 9.17) is 0 Å². The summed E-state index contributed by atoms with van der Waals surface area (Å²) in [6.07, 6.45) is 5.22. The molecule has 0 atom stereocenters. The van der Waals surface area contributed by atoms with Gasteiger partial charge in [0.15, 0.2) is 0 Å². The van der Waals surface area contributed by atoms with Gasteiger partial charge in [0.2, 0.25) is 0 Å². The van der Waals surface area contributed by atoms with E-state index in [1.807, 2.05) is 13.8 Å². The van der Waals surface area contributed by atoms with Gasteiger partial charge in [0.05, 0.1) is 13.1 Å². The van der Waals surface area contributed by atoms with Gasteiger partial charge in [0.25, 0.3) is 0 Å². The molecule has 0 aliphatic rings. The second-order valence-electron chi connectivity index (χ2n) is 3.37. The zero-order chi connectivity index (χ0) is 12.2. The predicted molar refractivity (Wildman–Crippen MR) is 66.5 cm³/mol. The predicted octanol–water partition coefficient (Wildman–Crippen LogP) is 1.87. The van der Waals surface area contributed by atoms with Crippen LogP contribution in [0, 0.1) is 0 Å². The first-order valence-electron chi connectivity index (χ1n) is 5.70. The molecule has 0 spiro atoms. The third kappa shape index (κ3) is 9.24. The second kappa shape index (κ2) is 10.2. The number of Topliss-reactive ketones (excluding diaryl/α,β-unsaturated/α-hetero) is 2. The Bertz CT molecular complexity index is 242. The fraction of sp³-hybridized carbons (Fsp3) is 0.667. The molecule has 0 unspecified atom stereocenters. The van der Waals surface area contributed by atoms with E-state index in [1.165, 1.54) is 0 Å². The maximum Gasteiger partial charge on any atom is 0.137 e. The van der Waals surface area contributed by atoms with E-state index in [-0.39, 0.29) is 11.6 Å². The molecule has 0 aromatic rings. The number of carbonyl (C=O) groups is 2. The van der Waals surface area contributed by atoms with E-state index >= 15 is 0 Å². The van der Waals surface area contributed by atoms with Gasteiger partial charge in [-0.25, -0.2) is 0 Å². The first-order chi connectivity index (χ1) is 7.70. The number of hydrogen-bond acceptors (Lipinski definition) is 4. The lowest BCUT2D eigenvalue weighted by Crippen LogP contribution is -1.97. The molecule has 0 rings (SSSR count). The summed E-state index contributed by atoms with van der Waals surface area (Å²) in [5.41, 5.74) is 0. The second-order valence-corrected chi connectivity index (χ2v) is 3.37. The maximum absolute atomic E-state index is 10.9. The van der Waals surface area contributed by atoms with Crippen LogP contribution in [0.5, 0.6) is 0 Å². The quantitative estimate of drug-likeness (QED) is 0.443. The molecular formula is C12H20N2O2. The Kier molecular flexibility index (Phi) is 9.36. The van der Waals surface area contributed by atoms with Crippen molar-refractivity contribution in [3.8, 4) is 0 Å². The van der Waals surface area contributed by atoms with Gasteiger partial charge in [0.1, 0.15) is 11.6 Å². The highest BCUT2D eigenvalue weighted by atomic mass is 16.1. The van der Waals surface area contributed by atoms with Gasteiger partial charge < -0.3 is 0 Å². The molecule has 0 aliphatic carbocycles. The molecule has 0 bridgehead atoms. The molecule has 0 amide bonds. The minimum absolute atomic E-state index is 0.195. The minimum Gasteiger partial charge on any atom is -0.299 e. The zero-order valence-corrected chi connectivity index (χ0v) is 10.1. The maximum atomic E-state index is 10.9. The Morgan fingerprint density at radius 2 is 1.25 bits per heavy atom. The number of nitrogens with zero attached hydrogens (tertiary/aromatic N) is 2. The molecule has 0 saturated heterocycles. The Labute approximate surface area is 96.9 Å². The number of ketones is 2. The number of hydrogen-bond donors (Lipinski definition) is 0. The van der Waals surface area contributed by atoms with E-state index in [9.17, 15) is 9.59 Å². The van der Waals surface area contributed by atoms with Gasteiger partial charge in [-0.1, -0.05) is 13.8 Å². The van der Waals surface area contributed by atoms with Gasteiger partial charge in [-0.2, -0.15) is 0 Å². The summed E-state index contributed by atoms with van der Waals surface area (Å²) in [5, 5.41) is 0. The van der Waals surface area contributed by atoms with Gasteiger partial charge in [-0.15, -0.1) is 0 Å². The highest BCUT2D eigenvalue weighted by molar-refractivity contribution is 5.91. The molecule has 0 saturated carbocycles. The van der Waals surface area contributed by atoms with Crippen LogP contribution in [-0.2, 0) is 9.59 Å². The lowest BCUT2D eigenvalue weighted by atomic mass is 10.2. The van der Waals surface area contributed by atoms with Crippen molar-refractivity contribution in [3.63, 3.8) is 0 Å². The van der Waals surface area contributed by atoms with Crippen molar-refractivity contribution in [1.82, 2.24) is 0 Å². The average molecular weight is 224 g/mol.